The zero-order valence-electron chi connectivity index (χ0n) is 20.4. The molecule has 9 heteroatoms. The lowest BCUT2D eigenvalue weighted by atomic mass is 10.0. The predicted molar refractivity (Wildman–Crippen MR) is 142 cm³/mol. The Morgan fingerprint density at radius 1 is 0.973 bits per heavy atom. The van der Waals surface area contributed by atoms with Gasteiger partial charge in [-0.15, -0.1) is 5.10 Å². The number of halogens is 1. The van der Waals surface area contributed by atoms with Crippen LogP contribution in [0.3, 0.4) is 0 Å². The molecule has 0 bridgehead atoms. The standard InChI is InChI=1S/C28H27ClN4O4/c1-36-22-10-5-19(6-11-22)18-33-27(26(28(34)35)30-31-33)37-23-12-7-20(8-13-23)24-14-9-21(17-25(24)29)32-15-3-2-4-16-32/h5-14,17H,2-4,15-16,18H2,1H3,(H,34,35). The van der Waals surface area contributed by atoms with Gasteiger partial charge in [0.1, 0.15) is 11.5 Å². The maximum atomic E-state index is 11.7. The number of hydrogen-bond donors (Lipinski definition) is 1. The predicted octanol–water partition coefficient (Wildman–Crippen LogP) is 6.14. The van der Waals surface area contributed by atoms with Gasteiger partial charge in [0, 0.05) is 24.3 Å². The zero-order valence-corrected chi connectivity index (χ0v) is 21.2. The topological polar surface area (TPSA) is 89.7 Å². The van der Waals surface area contributed by atoms with Crippen LogP contribution < -0.4 is 14.4 Å². The maximum absolute atomic E-state index is 11.7. The highest BCUT2D eigenvalue weighted by atomic mass is 35.5. The van der Waals surface area contributed by atoms with Crippen molar-refractivity contribution in [3.05, 3.63) is 83.0 Å². The third-order valence-electron chi connectivity index (χ3n) is 6.44. The molecule has 37 heavy (non-hydrogen) atoms. The first-order valence-corrected chi connectivity index (χ1v) is 12.5. The van der Waals surface area contributed by atoms with Crippen LogP contribution in [0.4, 0.5) is 5.69 Å². The maximum Gasteiger partial charge on any atom is 0.362 e. The van der Waals surface area contributed by atoms with Crippen LogP contribution in [0.25, 0.3) is 11.1 Å². The number of piperidine rings is 1. The number of rotatable bonds is 8. The monoisotopic (exact) mass is 518 g/mol. The molecule has 1 aromatic heterocycles. The van der Waals surface area contributed by atoms with Crippen molar-refractivity contribution in [2.24, 2.45) is 0 Å². The molecule has 1 fully saturated rings. The van der Waals surface area contributed by atoms with E-state index in [9.17, 15) is 9.90 Å². The molecule has 5 rings (SSSR count). The van der Waals surface area contributed by atoms with Crippen molar-refractivity contribution in [3.8, 4) is 28.5 Å². The summed E-state index contributed by atoms with van der Waals surface area (Å²) in [7, 11) is 1.60. The van der Waals surface area contributed by atoms with Crippen LogP contribution in [-0.4, -0.2) is 46.3 Å². The Bertz CT molecular complexity index is 1380. The molecule has 8 nitrogen and oxygen atoms in total. The molecular weight excluding hydrogens is 492 g/mol. The van der Waals surface area contributed by atoms with Crippen molar-refractivity contribution in [1.82, 2.24) is 15.0 Å². The van der Waals surface area contributed by atoms with Gasteiger partial charge in [0.15, 0.2) is 0 Å². The van der Waals surface area contributed by atoms with E-state index >= 15 is 0 Å². The Kier molecular flexibility index (Phi) is 7.28. The number of methoxy groups -OCH3 is 1. The van der Waals surface area contributed by atoms with Crippen molar-refractivity contribution in [2.45, 2.75) is 25.8 Å². The van der Waals surface area contributed by atoms with E-state index in [0.29, 0.717) is 10.8 Å². The van der Waals surface area contributed by atoms with Crippen molar-refractivity contribution >= 4 is 23.3 Å². The minimum Gasteiger partial charge on any atom is -0.497 e. The van der Waals surface area contributed by atoms with Gasteiger partial charge in [0.05, 0.1) is 18.7 Å². The SMILES string of the molecule is COc1ccc(Cn2nnc(C(=O)O)c2Oc2ccc(-c3ccc(N4CCCCC4)cc3Cl)cc2)cc1. The molecule has 1 N–H and O–H groups in total. The summed E-state index contributed by atoms with van der Waals surface area (Å²) in [5, 5.41) is 18.1. The van der Waals surface area contributed by atoms with Gasteiger partial charge in [0.25, 0.3) is 5.88 Å². The van der Waals surface area contributed by atoms with Gasteiger partial charge in [-0.2, -0.15) is 0 Å². The molecule has 1 saturated heterocycles. The fourth-order valence-electron chi connectivity index (χ4n) is 4.45. The Labute approximate surface area is 220 Å². The number of hydrogen-bond acceptors (Lipinski definition) is 6. The number of aromatic nitrogens is 3. The Morgan fingerprint density at radius 2 is 1.68 bits per heavy atom. The lowest BCUT2D eigenvalue weighted by molar-refractivity contribution is 0.0687. The molecule has 0 aliphatic carbocycles. The van der Waals surface area contributed by atoms with Gasteiger partial charge in [0.2, 0.25) is 5.69 Å². The third-order valence-corrected chi connectivity index (χ3v) is 6.75. The third kappa shape index (κ3) is 5.54. The summed E-state index contributed by atoms with van der Waals surface area (Å²) in [5.74, 6) is 0.0325. The van der Waals surface area contributed by atoms with E-state index in [1.165, 1.54) is 23.9 Å². The molecule has 190 valence electrons. The van der Waals surface area contributed by atoms with Crippen molar-refractivity contribution in [2.75, 3.05) is 25.1 Å². The summed E-state index contributed by atoms with van der Waals surface area (Å²) in [4.78, 5) is 14.1. The fraction of sp³-hybridized carbons (Fsp3) is 0.250. The molecular formula is C28H27ClN4O4. The minimum atomic E-state index is -1.21. The summed E-state index contributed by atoms with van der Waals surface area (Å²) in [6.45, 7) is 2.41. The Balaban J connectivity index is 1.35. The van der Waals surface area contributed by atoms with Gasteiger partial charge in [-0.3, -0.25) is 0 Å². The lowest BCUT2D eigenvalue weighted by Crippen LogP contribution is -2.29. The minimum absolute atomic E-state index is 0.0555. The number of anilines is 1. The molecule has 0 spiro atoms. The van der Waals surface area contributed by atoms with Gasteiger partial charge in [-0.25, -0.2) is 9.48 Å². The normalized spacial score (nSPS) is 13.4. The van der Waals surface area contributed by atoms with Crippen LogP contribution in [0, 0.1) is 0 Å². The zero-order chi connectivity index (χ0) is 25.8. The number of aromatic carboxylic acids is 1. The van der Waals surface area contributed by atoms with Crippen LogP contribution in [-0.2, 0) is 6.54 Å². The molecule has 0 unspecified atom stereocenters. The summed E-state index contributed by atoms with van der Waals surface area (Å²) in [6.07, 6.45) is 3.70. The molecule has 0 amide bonds. The van der Waals surface area contributed by atoms with E-state index < -0.39 is 5.97 Å². The van der Waals surface area contributed by atoms with Crippen molar-refractivity contribution in [3.63, 3.8) is 0 Å². The van der Waals surface area contributed by atoms with Crippen molar-refractivity contribution in [1.29, 1.82) is 0 Å². The average Bonchev–Trinajstić information content (AvgIpc) is 3.32. The van der Waals surface area contributed by atoms with Crippen molar-refractivity contribution < 1.29 is 19.4 Å². The average molecular weight is 519 g/mol. The van der Waals surface area contributed by atoms with Crippen LogP contribution in [0.15, 0.2) is 66.7 Å². The highest BCUT2D eigenvalue weighted by molar-refractivity contribution is 6.33. The summed E-state index contributed by atoms with van der Waals surface area (Å²) < 4.78 is 12.6. The van der Waals surface area contributed by atoms with Crippen LogP contribution in [0.2, 0.25) is 5.02 Å². The second kappa shape index (κ2) is 10.9. The molecule has 4 aromatic rings. The number of carbonyl (C=O) groups is 1. The van der Waals surface area contributed by atoms with E-state index in [1.807, 2.05) is 48.5 Å². The van der Waals surface area contributed by atoms with Crippen LogP contribution >= 0.6 is 11.6 Å². The molecule has 2 heterocycles. The number of benzene rings is 3. The number of nitrogens with zero attached hydrogens (tertiary/aromatic N) is 4. The van der Waals surface area contributed by atoms with E-state index in [1.54, 1.807) is 19.2 Å². The molecule has 0 atom stereocenters. The second-order valence-electron chi connectivity index (χ2n) is 8.89. The molecule has 3 aromatic carbocycles. The summed E-state index contributed by atoms with van der Waals surface area (Å²) in [5.41, 5.74) is 3.64. The summed E-state index contributed by atoms with van der Waals surface area (Å²) >= 11 is 6.66. The highest BCUT2D eigenvalue weighted by Gasteiger charge is 2.22. The number of carboxylic acids is 1. The second-order valence-corrected chi connectivity index (χ2v) is 9.30. The largest absolute Gasteiger partial charge is 0.497 e. The summed E-state index contributed by atoms with van der Waals surface area (Å²) in [6, 6.07) is 20.9. The van der Waals surface area contributed by atoms with E-state index in [4.69, 9.17) is 21.1 Å². The fourth-order valence-corrected chi connectivity index (χ4v) is 4.73. The van der Waals surface area contributed by atoms with Gasteiger partial charge < -0.3 is 19.5 Å². The molecule has 1 aliphatic rings. The van der Waals surface area contributed by atoms with Gasteiger partial charge in [-0.1, -0.05) is 47.1 Å². The van der Waals surface area contributed by atoms with Gasteiger partial charge >= 0.3 is 5.97 Å². The van der Waals surface area contributed by atoms with Crippen LogP contribution in [0.5, 0.6) is 17.4 Å². The van der Waals surface area contributed by atoms with Crippen LogP contribution in [0.1, 0.15) is 35.3 Å². The first kappa shape index (κ1) is 24.6. The van der Waals surface area contributed by atoms with E-state index in [-0.39, 0.29) is 18.1 Å². The Morgan fingerprint density at radius 3 is 2.32 bits per heavy atom. The quantitative estimate of drug-likeness (QED) is 0.300. The highest BCUT2D eigenvalue weighted by Crippen LogP contribution is 2.34. The molecule has 0 radical (unpaired) electrons. The van der Waals surface area contributed by atoms with Gasteiger partial charge in [-0.05, 0) is 66.8 Å². The first-order chi connectivity index (χ1) is 18.0. The Hall–Kier alpha value is -4.04. The molecule has 0 saturated carbocycles. The lowest BCUT2D eigenvalue weighted by Gasteiger charge is -2.29. The smallest absolute Gasteiger partial charge is 0.362 e. The number of ether oxygens (including phenoxy) is 2. The van der Waals surface area contributed by atoms with E-state index in [2.05, 4.69) is 21.3 Å². The first-order valence-electron chi connectivity index (χ1n) is 12.1. The number of carboxylic acid groups (broad SMARTS) is 1. The molecule has 1 aliphatic heterocycles. The van der Waals surface area contributed by atoms with E-state index in [0.717, 1.165) is 41.2 Å².